The second-order valence-electron chi connectivity index (χ2n) is 6.99. The molecule has 1 unspecified atom stereocenters. The van der Waals surface area contributed by atoms with E-state index < -0.39 is 6.04 Å². The van der Waals surface area contributed by atoms with Gasteiger partial charge in [-0.1, -0.05) is 49.1 Å². The Morgan fingerprint density at radius 1 is 1.12 bits per heavy atom. The van der Waals surface area contributed by atoms with Crippen LogP contribution >= 0.6 is 11.6 Å². The molecule has 0 spiro atoms. The number of benzene rings is 2. The van der Waals surface area contributed by atoms with Gasteiger partial charge in [0, 0.05) is 11.1 Å². The summed E-state index contributed by atoms with van der Waals surface area (Å²) < 4.78 is 0. The molecule has 26 heavy (non-hydrogen) atoms. The van der Waals surface area contributed by atoms with Crippen LogP contribution in [-0.4, -0.2) is 17.1 Å². The molecular weight excluding hydrogens is 348 g/mol. The van der Waals surface area contributed by atoms with Gasteiger partial charge in [0.2, 0.25) is 5.91 Å². The Kier molecular flexibility index (Phi) is 6.04. The van der Waals surface area contributed by atoms with Gasteiger partial charge in [-0.3, -0.25) is 4.79 Å². The summed E-state index contributed by atoms with van der Waals surface area (Å²) in [6, 6.07) is 12.2. The largest absolute Gasteiger partial charge is 0.506 e. The number of hydrogen-bond donors (Lipinski definition) is 3. The van der Waals surface area contributed by atoms with E-state index in [1.807, 2.05) is 31.2 Å². The zero-order chi connectivity index (χ0) is 18.5. The molecule has 0 bridgehead atoms. The summed E-state index contributed by atoms with van der Waals surface area (Å²) in [5.41, 5.74) is 2.36. The van der Waals surface area contributed by atoms with Crippen LogP contribution in [0, 0.1) is 6.92 Å². The molecule has 1 atom stereocenters. The molecule has 1 aliphatic carbocycles. The molecule has 3 N–H and O–H groups in total. The van der Waals surface area contributed by atoms with E-state index in [1.165, 1.54) is 6.42 Å². The van der Waals surface area contributed by atoms with Gasteiger partial charge in [-0.15, -0.1) is 0 Å². The highest BCUT2D eigenvalue weighted by Gasteiger charge is 2.25. The smallest absolute Gasteiger partial charge is 0.247 e. The Hall–Kier alpha value is -2.20. The standard InChI is InChI=1S/C21H25ClN2O2/c1-14-7-12-19(25)18(13-14)24-20(15-8-10-16(22)11-9-15)21(26)23-17-5-3-2-4-6-17/h7-13,17,20,24-25H,2-6H2,1H3,(H,23,26). The van der Waals surface area contributed by atoms with E-state index in [1.54, 1.807) is 18.2 Å². The van der Waals surface area contributed by atoms with Crippen LogP contribution in [0.25, 0.3) is 0 Å². The van der Waals surface area contributed by atoms with E-state index in [-0.39, 0.29) is 17.7 Å². The first-order valence-corrected chi connectivity index (χ1v) is 9.53. The molecule has 0 radical (unpaired) electrons. The van der Waals surface area contributed by atoms with Crippen LogP contribution in [0.1, 0.15) is 49.3 Å². The molecule has 1 saturated carbocycles. The minimum atomic E-state index is -0.595. The average molecular weight is 373 g/mol. The molecule has 1 amide bonds. The van der Waals surface area contributed by atoms with Gasteiger partial charge in [-0.25, -0.2) is 0 Å². The summed E-state index contributed by atoms with van der Waals surface area (Å²) in [6.45, 7) is 1.95. The number of hydrogen-bond acceptors (Lipinski definition) is 3. The molecular formula is C21H25ClN2O2. The number of phenolic OH excluding ortho intramolecular Hbond substituents is 1. The number of phenols is 1. The number of carbonyl (C=O) groups is 1. The van der Waals surface area contributed by atoms with Gasteiger partial charge in [0.25, 0.3) is 0 Å². The van der Waals surface area contributed by atoms with Crippen molar-refractivity contribution in [3.05, 3.63) is 58.6 Å². The average Bonchev–Trinajstić information content (AvgIpc) is 2.64. The molecule has 1 fully saturated rings. The zero-order valence-electron chi connectivity index (χ0n) is 15.0. The Bertz CT molecular complexity index is 755. The first-order valence-electron chi connectivity index (χ1n) is 9.15. The molecule has 0 aliphatic heterocycles. The number of halogens is 1. The van der Waals surface area contributed by atoms with Crippen molar-refractivity contribution in [3.8, 4) is 5.75 Å². The normalized spacial score (nSPS) is 16.1. The van der Waals surface area contributed by atoms with Crippen molar-refractivity contribution < 1.29 is 9.90 Å². The zero-order valence-corrected chi connectivity index (χ0v) is 15.7. The Morgan fingerprint density at radius 2 is 1.81 bits per heavy atom. The summed E-state index contributed by atoms with van der Waals surface area (Å²) in [7, 11) is 0. The summed E-state index contributed by atoms with van der Waals surface area (Å²) in [6.07, 6.45) is 5.59. The molecule has 138 valence electrons. The maximum atomic E-state index is 13.0. The van der Waals surface area contributed by atoms with Crippen molar-refractivity contribution in [2.75, 3.05) is 5.32 Å². The quantitative estimate of drug-likeness (QED) is 0.650. The number of carbonyl (C=O) groups excluding carboxylic acids is 1. The minimum Gasteiger partial charge on any atom is -0.506 e. The lowest BCUT2D eigenvalue weighted by atomic mass is 9.95. The van der Waals surface area contributed by atoms with E-state index in [9.17, 15) is 9.90 Å². The number of aromatic hydroxyl groups is 1. The maximum absolute atomic E-state index is 13.0. The van der Waals surface area contributed by atoms with E-state index in [4.69, 9.17) is 11.6 Å². The maximum Gasteiger partial charge on any atom is 0.247 e. The summed E-state index contributed by atoms with van der Waals surface area (Å²) >= 11 is 6.00. The third kappa shape index (κ3) is 4.70. The van der Waals surface area contributed by atoms with Gasteiger partial charge in [0.1, 0.15) is 11.8 Å². The molecule has 1 aliphatic rings. The molecule has 0 heterocycles. The van der Waals surface area contributed by atoms with Crippen LogP contribution in [0.3, 0.4) is 0 Å². The fourth-order valence-corrected chi connectivity index (χ4v) is 3.53. The highest BCUT2D eigenvalue weighted by molar-refractivity contribution is 6.30. The van der Waals surface area contributed by atoms with Crippen molar-refractivity contribution in [1.29, 1.82) is 0 Å². The van der Waals surface area contributed by atoms with Gasteiger partial charge in [-0.2, -0.15) is 0 Å². The van der Waals surface area contributed by atoms with Crippen molar-refractivity contribution in [3.63, 3.8) is 0 Å². The van der Waals surface area contributed by atoms with Crippen LogP contribution < -0.4 is 10.6 Å². The highest BCUT2D eigenvalue weighted by atomic mass is 35.5. The topological polar surface area (TPSA) is 61.4 Å². The molecule has 5 heteroatoms. The fraction of sp³-hybridized carbons (Fsp3) is 0.381. The van der Waals surface area contributed by atoms with Gasteiger partial charge in [0.15, 0.2) is 0 Å². The van der Waals surface area contributed by atoms with Crippen molar-refractivity contribution >= 4 is 23.2 Å². The molecule has 2 aromatic rings. The van der Waals surface area contributed by atoms with Crippen LogP contribution in [0.15, 0.2) is 42.5 Å². The Morgan fingerprint density at radius 3 is 2.50 bits per heavy atom. The van der Waals surface area contributed by atoms with Gasteiger partial charge >= 0.3 is 0 Å². The fourth-order valence-electron chi connectivity index (χ4n) is 3.41. The number of amides is 1. The number of nitrogens with one attached hydrogen (secondary N) is 2. The number of anilines is 1. The van der Waals surface area contributed by atoms with E-state index in [0.29, 0.717) is 10.7 Å². The third-order valence-electron chi connectivity index (χ3n) is 4.87. The summed E-state index contributed by atoms with van der Waals surface area (Å²) in [4.78, 5) is 13.0. The van der Waals surface area contributed by atoms with E-state index in [0.717, 1.165) is 36.8 Å². The first kappa shape index (κ1) is 18.6. The Balaban J connectivity index is 1.84. The summed E-state index contributed by atoms with van der Waals surface area (Å²) in [5, 5.41) is 17.2. The first-order chi connectivity index (χ1) is 12.5. The molecule has 2 aromatic carbocycles. The van der Waals surface area contributed by atoms with Crippen molar-refractivity contribution in [1.82, 2.24) is 5.32 Å². The predicted octanol–water partition coefficient (Wildman–Crippen LogP) is 4.96. The Labute approximate surface area is 159 Å². The van der Waals surface area contributed by atoms with E-state index >= 15 is 0 Å². The number of rotatable bonds is 5. The lowest BCUT2D eigenvalue weighted by Crippen LogP contribution is -2.41. The van der Waals surface area contributed by atoms with Crippen LogP contribution in [0.4, 0.5) is 5.69 Å². The van der Waals surface area contributed by atoms with E-state index in [2.05, 4.69) is 10.6 Å². The third-order valence-corrected chi connectivity index (χ3v) is 5.12. The van der Waals surface area contributed by atoms with Crippen LogP contribution in [0.2, 0.25) is 5.02 Å². The van der Waals surface area contributed by atoms with Gasteiger partial charge in [0.05, 0.1) is 5.69 Å². The second-order valence-corrected chi connectivity index (χ2v) is 7.43. The molecule has 4 nitrogen and oxygen atoms in total. The number of aryl methyl sites for hydroxylation is 1. The second kappa shape index (κ2) is 8.45. The SMILES string of the molecule is Cc1ccc(O)c(NC(C(=O)NC2CCCCC2)c2ccc(Cl)cc2)c1. The lowest BCUT2D eigenvalue weighted by Gasteiger charge is -2.27. The minimum absolute atomic E-state index is 0.0832. The lowest BCUT2D eigenvalue weighted by molar-refractivity contribution is -0.122. The molecule has 3 rings (SSSR count). The summed E-state index contributed by atoms with van der Waals surface area (Å²) in [5.74, 6) is 0.0418. The monoisotopic (exact) mass is 372 g/mol. The van der Waals surface area contributed by atoms with Crippen LogP contribution in [-0.2, 0) is 4.79 Å². The highest BCUT2D eigenvalue weighted by Crippen LogP contribution is 2.29. The van der Waals surface area contributed by atoms with Crippen molar-refractivity contribution in [2.24, 2.45) is 0 Å². The van der Waals surface area contributed by atoms with Gasteiger partial charge in [-0.05, 0) is 55.2 Å². The molecule has 0 aromatic heterocycles. The predicted molar refractivity (Wildman–Crippen MR) is 106 cm³/mol. The molecule has 0 saturated heterocycles. The van der Waals surface area contributed by atoms with Crippen molar-refractivity contribution in [2.45, 2.75) is 51.1 Å². The van der Waals surface area contributed by atoms with Crippen LogP contribution in [0.5, 0.6) is 5.75 Å². The van der Waals surface area contributed by atoms with Gasteiger partial charge < -0.3 is 15.7 Å².